The maximum absolute atomic E-state index is 12.4. The zero-order valence-electron chi connectivity index (χ0n) is 11.7. The van der Waals surface area contributed by atoms with Gasteiger partial charge in [-0.25, -0.2) is 0 Å². The van der Waals surface area contributed by atoms with Crippen LogP contribution in [-0.2, 0) is 0 Å². The molecule has 1 aliphatic rings. The summed E-state index contributed by atoms with van der Waals surface area (Å²) in [5.74, 6) is -0.158. The Balaban J connectivity index is 2.16. The van der Waals surface area contributed by atoms with E-state index >= 15 is 0 Å². The molecule has 1 saturated carbocycles. The van der Waals surface area contributed by atoms with E-state index in [9.17, 15) is 10.1 Å². The molecule has 1 aliphatic carbocycles. The number of hydrogen-bond donors (Lipinski definition) is 1. The van der Waals surface area contributed by atoms with Crippen LogP contribution in [-0.4, -0.2) is 11.4 Å². The monoisotopic (exact) mass is 334 g/mol. The Morgan fingerprint density at radius 3 is 2.50 bits per heavy atom. The maximum Gasteiger partial charge on any atom is 0.252 e. The lowest BCUT2D eigenvalue weighted by molar-refractivity contribution is 0.0913. The van der Waals surface area contributed by atoms with Crippen LogP contribution >= 0.6 is 15.9 Å². The van der Waals surface area contributed by atoms with Crippen LogP contribution in [0.3, 0.4) is 0 Å². The maximum atomic E-state index is 12.4. The predicted octanol–water partition coefficient (Wildman–Crippen LogP) is 4.10. The van der Waals surface area contributed by atoms with E-state index in [-0.39, 0.29) is 5.91 Å². The fourth-order valence-corrected chi connectivity index (χ4v) is 3.00. The van der Waals surface area contributed by atoms with Gasteiger partial charge in [0.25, 0.3) is 5.91 Å². The summed E-state index contributed by atoms with van der Waals surface area (Å²) in [5, 5.41) is 12.5. The summed E-state index contributed by atoms with van der Waals surface area (Å²) < 4.78 is 0.914. The first-order valence-electron chi connectivity index (χ1n) is 7.06. The minimum absolute atomic E-state index is 0.158. The van der Waals surface area contributed by atoms with Crippen molar-refractivity contribution in [1.29, 1.82) is 5.26 Å². The van der Waals surface area contributed by atoms with E-state index in [1.54, 1.807) is 6.07 Å². The van der Waals surface area contributed by atoms with Gasteiger partial charge in [-0.3, -0.25) is 4.79 Å². The molecule has 1 N–H and O–H groups in total. The molecule has 4 heteroatoms. The Morgan fingerprint density at radius 2 is 1.95 bits per heavy atom. The third-order valence-electron chi connectivity index (χ3n) is 3.96. The largest absolute Gasteiger partial charge is 0.334 e. The molecule has 1 fully saturated rings. The predicted molar refractivity (Wildman–Crippen MR) is 82.4 cm³/mol. The molecule has 0 heterocycles. The third-order valence-corrected chi connectivity index (χ3v) is 4.81. The number of rotatable bonds is 2. The highest BCUT2D eigenvalue weighted by atomic mass is 79.9. The molecule has 2 rings (SSSR count). The fraction of sp³-hybridized carbons (Fsp3) is 0.500. The number of aryl methyl sites for hydroxylation is 1. The SMILES string of the molecule is Cc1ccc(C(=O)NC2(C#N)CCCCCC2)cc1Br. The standard InChI is InChI=1S/C16H19BrN2O/c1-12-6-7-13(10-14(12)17)15(20)19-16(11-18)8-4-2-3-5-9-16/h6-7,10H,2-5,8-9H2,1H3,(H,19,20). The van der Waals surface area contributed by atoms with Crippen molar-refractivity contribution in [2.75, 3.05) is 0 Å². The average Bonchev–Trinajstić information content (AvgIpc) is 2.68. The number of amides is 1. The van der Waals surface area contributed by atoms with Crippen LogP contribution in [0.4, 0.5) is 0 Å². The molecule has 106 valence electrons. The summed E-state index contributed by atoms with van der Waals surface area (Å²) >= 11 is 3.44. The van der Waals surface area contributed by atoms with Crippen molar-refractivity contribution in [3.63, 3.8) is 0 Å². The van der Waals surface area contributed by atoms with Gasteiger partial charge in [0.2, 0.25) is 0 Å². The Labute approximate surface area is 128 Å². The first-order valence-corrected chi connectivity index (χ1v) is 7.85. The van der Waals surface area contributed by atoms with Crippen LogP contribution in [0.25, 0.3) is 0 Å². The van der Waals surface area contributed by atoms with E-state index in [1.165, 1.54) is 0 Å². The van der Waals surface area contributed by atoms with Gasteiger partial charge >= 0.3 is 0 Å². The van der Waals surface area contributed by atoms with Crippen molar-refractivity contribution in [3.8, 4) is 6.07 Å². The molecular formula is C16H19BrN2O. The molecule has 0 radical (unpaired) electrons. The topological polar surface area (TPSA) is 52.9 Å². The number of halogens is 1. The third kappa shape index (κ3) is 3.40. The Bertz CT molecular complexity index is 540. The molecular weight excluding hydrogens is 316 g/mol. The zero-order chi connectivity index (χ0) is 14.6. The first-order chi connectivity index (χ1) is 9.56. The highest BCUT2D eigenvalue weighted by molar-refractivity contribution is 9.10. The Kier molecular flexibility index (Phi) is 4.82. The van der Waals surface area contributed by atoms with Crippen molar-refractivity contribution < 1.29 is 4.79 Å². The summed E-state index contributed by atoms with van der Waals surface area (Å²) in [7, 11) is 0. The van der Waals surface area contributed by atoms with Crippen molar-refractivity contribution in [3.05, 3.63) is 33.8 Å². The van der Waals surface area contributed by atoms with Gasteiger partial charge in [-0.2, -0.15) is 5.26 Å². The number of nitrogens with zero attached hydrogens (tertiary/aromatic N) is 1. The van der Waals surface area contributed by atoms with Crippen molar-refractivity contribution in [1.82, 2.24) is 5.32 Å². The molecule has 0 atom stereocenters. The first kappa shape index (κ1) is 15.1. The van der Waals surface area contributed by atoms with Crippen LogP contribution in [0.2, 0.25) is 0 Å². The lowest BCUT2D eigenvalue weighted by Gasteiger charge is -2.26. The van der Waals surface area contributed by atoms with E-state index in [4.69, 9.17) is 0 Å². The zero-order valence-corrected chi connectivity index (χ0v) is 13.3. The minimum Gasteiger partial charge on any atom is -0.334 e. The fourth-order valence-electron chi connectivity index (χ4n) is 2.62. The van der Waals surface area contributed by atoms with E-state index in [1.807, 2.05) is 19.1 Å². The van der Waals surface area contributed by atoms with Crippen molar-refractivity contribution in [2.24, 2.45) is 0 Å². The summed E-state index contributed by atoms with van der Waals surface area (Å²) in [6.07, 6.45) is 5.81. The molecule has 20 heavy (non-hydrogen) atoms. The molecule has 0 unspecified atom stereocenters. The number of carbonyl (C=O) groups is 1. The highest BCUT2D eigenvalue weighted by Gasteiger charge is 2.32. The van der Waals surface area contributed by atoms with E-state index in [0.29, 0.717) is 5.56 Å². The minimum atomic E-state index is -0.690. The van der Waals surface area contributed by atoms with Gasteiger partial charge in [0.15, 0.2) is 0 Å². The second-order valence-electron chi connectivity index (χ2n) is 5.53. The Morgan fingerprint density at radius 1 is 1.30 bits per heavy atom. The van der Waals surface area contributed by atoms with E-state index < -0.39 is 5.54 Å². The summed E-state index contributed by atoms with van der Waals surface area (Å²) in [4.78, 5) is 12.4. The van der Waals surface area contributed by atoms with Crippen LogP contribution in [0, 0.1) is 18.3 Å². The lowest BCUT2D eigenvalue weighted by Crippen LogP contribution is -2.47. The number of benzene rings is 1. The van der Waals surface area contributed by atoms with Crippen LogP contribution in [0.5, 0.6) is 0 Å². The molecule has 3 nitrogen and oxygen atoms in total. The number of hydrogen-bond acceptors (Lipinski definition) is 2. The normalized spacial score (nSPS) is 17.9. The van der Waals surface area contributed by atoms with Crippen LogP contribution < -0.4 is 5.32 Å². The quantitative estimate of drug-likeness (QED) is 0.827. The van der Waals surface area contributed by atoms with Crippen molar-refractivity contribution in [2.45, 2.75) is 51.0 Å². The van der Waals surface area contributed by atoms with E-state index in [0.717, 1.165) is 48.6 Å². The van der Waals surface area contributed by atoms with Gasteiger partial charge in [-0.05, 0) is 37.5 Å². The lowest BCUT2D eigenvalue weighted by atomic mass is 9.91. The molecule has 0 aliphatic heterocycles. The Hall–Kier alpha value is -1.34. The second kappa shape index (κ2) is 6.41. The molecule has 1 aromatic rings. The van der Waals surface area contributed by atoms with Gasteiger partial charge in [0.1, 0.15) is 5.54 Å². The molecule has 1 aromatic carbocycles. The molecule has 0 saturated heterocycles. The van der Waals surface area contributed by atoms with Crippen molar-refractivity contribution >= 4 is 21.8 Å². The number of nitrogens with one attached hydrogen (secondary N) is 1. The highest BCUT2D eigenvalue weighted by Crippen LogP contribution is 2.27. The summed E-state index contributed by atoms with van der Waals surface area (Å²) in [5.41, 5.74) is 0.998. The van der Waals surface area contributed by atoms with Crippen LogP contribution in [0.15, 0.2) is 22.7 Å². The van der Waals surface area contributed by atoms with Gasteiger partial charge in [0, 0.05) is 10.0 Å². The smallest absolute Gasteiger partial charge is 0.252 e. The summed E-state index contributed by atoms with van der Waals surface area (Å²) in [6, 6.07) is 7.86. The number of carbonyl (C=O) groups excluding carboxylic acids is 1. The number of nitriles is 1. The van der Waals surface area contributed by atoms with Gasteiger partial charge in [-0.15, -0.1) is 0 Å². The van der Waals surface area contributed by atoms with Gasteiger partial charge in [0.05, 0.1) is 6.07 Å². The second-order valence-corrected chi connectivity index (χ2v) is 6.38. The molecule has 1 amide bonds. The van der Waals surface area contributed by atoms with Gasteiger partial charge < -0.3 is 5.32 Å². The van der Waals surface area contributed by atoms with Gasteiger partial charge in [-0.1, -0.05) is 47.7 Å². The molecule has 0 bridgehead atoms. The molecule has 0 aromatic heterocycles. The summed E-state index contributed by atoms with van der Waals surface area (Å²) in [6.45, 7) is 1.98. The molecule has 0 spiro atoms. The average molecular weight is 335 g/mol. The van der Waals surface area contributed by atoms with E-state index in [2.05, 4.69) is 27.3 Å². The van der Waals surface area contributed by atoms with Crippen LogP contribution in [0.1, 0.15) is 54.4 Å².